The third-order valence-electron chi connectivity index (χ3n) is 7.94. The van der Waals surface area contributed by atoms with Crippen LogP contribution in [0.15, 0.2) is 42.5 Å². The van der Waals surface area contributed by atoms with Gasteiger partial charge in [0.15, 0.2) is 0 Å². The van der Waals surface area contributed by atoms with Gasteiger partial charge in [-0.25, -0.2) is 14.4 Å². The van der Waals surface area contributed by atoms with Crippen LogP contribution in [0.25, 0.3) is 10.8 Å². The van der Waals surface area contributed by atoms with Crippen LogP contribution in [0.4, 0.5) is 4.79 Å². The topological polar surface area (TPSA) is 211 Å². The molecule has 0 heterocycles. The molecular formula is C32H42N4O9. The van der Waals surface area contributed by atoms with Crippen molar-refractivity contribution in [3.05, 3.63) is 48.0 Å². The fraction of sp³-hybridized carbons (Fsp3) is 0.500. The maximum atomic E-state index is 13.3. The van der Waals surface area contributed by atoms with Gasteiger partial charge in [0.1, 0.15) is 18.1 Å². The van der Waals surface area contributed by atoms with Gasteiger partial charge in [0, 0.05) is 25.3 Å². The Balaban J connectivity index is 1.52. The predicted octanol–water partition coefficient (Wildman–Crippen LogP) is 2.80. The van der Waals surface area contributed by atoms with Crippen LogP contribution in [-0.4, -0.2) is 75.7 Å². The van der Waals surface area contributed by atoms with Crippen LogP contribution in [0, 0.1) is 5.92 Å². The van der Waals surface area contributed by atoms with Crippen molar-refractivity contribution in [2.75, 3.05) is 6.54 Å². The minimum absolute atomic E-state index is 0.00439. The predicted molar refractivity (Wildman–Crippen MR) is 164 cm³/mol. The number of nitrogens with one attached hydrogen (secondary N) is 4. The van der Waals surface area contributed by atoms with Gasteiger partial charge in [-0.05, 0) is 54.9 Å². The maximum absolute atomic E-state index is 13.3. The van der Waals surface area contributed by atoms with Crippen LogP contribution >= 0.6 is 0 Å². The summed E-state index contributed by atoms with van der Waals surface area (Å²) < 4.78 is 0. The summed E-state index contributed by atoms with van der Waals surface area (Å²) >= 11 is 0. The van der Waals surface area contributed by atoms with Crippen LogP contribution in [0.1, 0.15) is 69.8 Å². The van der Waals surface area contributed by atoms with Crippen molar-refractivity contribution in [2.24, 2.45) is 5.92 Å². The molecule has 244 valence electrons. The second-order valence-corrected chi connectivity index (χ2v) is 11.4. The molecule has 2 aromatic rings. The number of carboxylic acid groups (broad SMARTS) is 3. The number of aliphatic carboxylic acids is 3. The largest absolute Gasteiger partial charge is 0.481 e. The van der Waals surface area contributed by atoms with Crippen LogP contribution in [0.3, 0.4) is 0 Å². The molecule has 13 heteroatoms. The molecule has 0 saturated heterocycles. The Hall–Kier alpha value is -4.68. The van der Waals surface area contributed by atoms with E-state index in [1.54, 1.807) is 0 Å². The Morgan fingerprint density at radius 3 is 2.02 bits per heavy atom. The highest BCUT2D eigenvalue weighted by Crippen LogP contribution is 2.24. The van der Waals surface area contributed by atoms with E-state index in [2.05, 4.69) is 21.3 Å². The number of fused-ring (bicyclic) bond motifs is 1. The number of hydrogen-bond donors (Lipinski definition) is 7. The first-order valence-corrected chi connectivity index (χ1v) is 15.3. The SMILES string of the molecule is O=C(O)CC[C@H](NC(=O)NC(CCCCNC(=O)[C@H](Cc1ccc2ccccc2c1)NC(=O)C1CCCCC1)C(=O)O)C(=O)O. The minimum Gasteiger partial charge on any atom is -0.481 e. The van der Waals surface area contributed by atoms with Crippen molar-refractivity contribution in [3.8, 4) is 0 Å². The van der Waals surface area contributed by atoms with Gasteiger partial charge in [0.05, 0.1) is 0 Å². The van der Waals surface area contributed by atoms with Gasteiger partial charge in [0.25, 0.3) is 0 Å². The summed E-state index contributed by atoms with van der Waals surface area (Å²) in [6.07, 6.45) is 4.82. The normalized spacial score (nSPS) is 15.3. The van der Waals surface area contributed by atoms with Gasteiger partial charge in [-0.2, -0.15) is 0 Å². The van der Waals surface area contributed by atoms with Crippen LogP contribution in [0.5, 0.6) is 0 Å². The lowest BCUT2D eigenvalue weighted by Crippen LogP contribution is -2.51. The number of carbonyl (C=O) groups is 6. The summed E-state index contributed by atoms with van der Waals surface area (Å²) in [5.74, 6) is -4.59. The molecule has 1 fully saturated rings. The molecule has 0 bridgehead atoms. The number of rotatable bonds is 17. The van der Waals surface area contributed by atoms with Gasteiger partial charge >= 0.3 is 23.9 Å². The highest BCUT2D eigenvalue weighted by Gasteiger charge is 2.28. The van der Waals surface area contributed by atoms with E-state index in [4.69, 9.17) is 5.11 Å². The number of carboxylic acids is 3. The van der Waals surface area contributed by atoms with Crippen molar-refractivity contribution in [1.82, 2.24) is 21.3 Å². The lowest BCUT2D eigenvalue weighted by atomic mass is 9.88. The molecule has 2 aromatic carbocycles. The molecule has 7 N–H and O–H groups in total. The van der Waals surface area contributed by atoms with E-state index < -0.39 is 48.5 Å². The molecule has 3 rings (SSSR count). The first-order valence-electron chi connectivity index (χ1n) is 15.3. The third kappa shape index (κ3) is 11.7. The molecule has 13 nitrogen and oxygen atoms in total. The summed E-state index contributed by atoms with van der Waals surface area (Å²) in [5.41, 5.74) is 0.902. The second kappa shape index (κ2) is 17.6. The number of unbranched alkanes of at least 4 members (excludes halogenated alkanes) is 1. The highest BCUT2D eigenvalue weighted by atomic mass is 16.4. The molecule has 0 radical (unpaired) electrons. The van der Waals surface area contributed by atoms with E-state index in [0.717, 1.165) is 48.4 Å². The quantitative estimate of drug-likeness (QED) is 0.129. The van der Waals surface area contributed by atoms with E-state index in [1.165, 1.54) is 0 Å². The number of hydrogen-bond acceptors (Lipinski definition) is 6. The van der Waals surface area contributed by atoms with Crippen LogP contribution < -0.4 is 21.3 Å². The summed E-state index contributed by atoms with van der Waals surface area (Å²) in [7, 11) is 0. The Morgan fingerprint density at radius 2 is 1.38 bits per heavy atom. The van der Waals surface area contributed by atoms with Crippen LogP contribution in [-0.2, 0) is 30.4 Å². The molecule has 4 amide bonds. The first kappa shape index (κ1) is 34.8. The number of carbonyl (C=O) groups excluding carboxylic acids is 3. The van der Waals surface area contributed by atoms with Crippen molar-refractivity contribution in [3.63, 3.8) is 0 Å². The first-order chi connectivity index (χ1) is 21.5. The van der Waals surface area contributed by atoms with E-state index in [1.807, 2.05) is 42.5 Å². The van der Waals surface area contributed by atoms with Gasteiger partial charge in [-0.1, -0.05) is 61.7 Å². The zero-order valence-corrected chi connectivity index (χ0v) is 25.1. The molecule has 0 spiro atoms. The average molecular weight is 627 g/mol. The lowest BCUT2D eigenvalue weighted by molar-refractivity contribution is -0.141. The highest BCUT2D eigenvalue weighted by molar-refractivity contribution is 5.89. The smallest absolute Gasteiger partial charge is 0.326 e. The molecular weight excluding hydrogens is 584 g/mol. The molecule has 0 aromatic heterocycles. The zero-order valence-electron chi connectivity index (χ0n) is 25.1. The molecule has 1 aliphatic rings. The van der Waals surface area contributed by atoms with Crippen molar-refractivity contribution < 1.29 is 44.1 Å². The average Bonchev–Trinajstić information content (AvgIpc) is 3.01. The number of benzene rings is 2. The van der Waals surface area contributed by atoms with Crippen LogP contribution in [0.2, 0.25) is 0 Å². The minimum atomic E-state index is -1.49. The van der Waals surface area contributed by atoms with Gasteiger partial charge in [-0.15, -0.1) is 0 Å². The van der Waals surface area contributed by atoms with Gasteiger partial charge in [-0.3, -0.25) is 14.4 Å². The van der Waals surface area contributed by atoms with E-state index in [9.17, 15) is 39.0 Å². The van der Waals surface area contributed by atoms with Crippen molar-refractivity contribution in [2.45, 2.75) is 88.8 Å². The Kier molecular flexibility index (Phi) is 13.6. The number of urea groups is 1. The fourth-order valence-electron chi connectivity index (χ4n) is 5.41. The third-order valence-corrected chi connectivity index (χ3v) is 7.94. The summed E-state index contributed by atoms with van der Waals surface area (Å²) in [4.78, 5) is 72.2. The standard InChI is InChI=1S/C32H42N4O9/c37-27(38)16-15-25(31(43)44)36-32(45)35-24(30(41)42)12-6-7-17-33-29(40)26(34-28(39)22-9-2-1-3-10-22)19-20-13-14-21-8-4-5-11-23(21)18-20/h4-5,8,11,13-14,18,22,24-26H,1-3,6-7,9-10,12,15-17,19H2,(H,33,40)(H,34,39)(H,37,38)(H,41,42)(H,43,44)(H2,35,36,45)/t24?,25-,26-/m0/s1. The monoisotopic (exact) mass is 626 g/mol. The molecule has 0 aliphatic heterocycles. The second-order valence-electron chi connectivity index (χ2n) is 11.4. The molecule has 45 heavy (non-hydrogen) atoms. The van der Waals surface area contributed by atoms with Crippen molar-refractivity contribution >= 4 is 46.5 Å². The van der Waals surface area contributed by atoms with Crippen molar-refractivity contribution in [1.29, 1.82) is 0 Å². The molecule has 1 aliphatic carbocycles. The van der Waals surface area contributed by atoms with Gasteiger partial charge < -0.3 is 36.6 Å². The summed E-state index contributed by atoms with van der Waals surface area (Å²) in [5, 5.41) is 39.6. The Morgan fingerprint density at radius 1 is 0.733 bits per heavy atom. The summed E-state index contributed by atoms with van der Waals surface area (Å²) in [6.45, 7) is 0.209. The Labute approximate surface area is 261 Å². The molecule has 1 saturated carbocycles. The van der Waals surface area contributed by atoms with E-state index in [0.29, 0.717) is 19.3 Å². The fourth-order valence-corrected chi connectivity index (χ4v) is 5.41. The van der Waals surface area contributed by atoms with E-state index >= 15 is 0 Å². The molecule has 1 unspecified atom stereocenters. The maximum Gasteiger partial charge on any atom is 0.326 e. The zero-order chi connectivity index (χ0) is 32.8. The molecule has 3 atom stereocenters. The Bertz CT molecular complexity index is 1360. The lowest BCUT2D eigenvalue weighted by Gasteiger charge is -2.25. The number of amides is 4. The van der Waals surface area contributed by atoms with Gasteiger partial charge in [0.2, 0.25) is 11.8 Å². The summed E-state index contributed by atoms with van der Waals surface area (Å²) in [6, 6.07) is 9.14. The van der Waals surface area contributed by atoms with E-state index in [-0.39, 0.29) is 37.1 Å².